The quantitative estimate of drug-likeness (QED) is 0.882. The van der Waals surface area contributed by atoms with Gasteiger partial charge in [-0.3, -0.25) is 0 Å². The Hall–Kier alpha value is -2.28. The van der Waals surface area contributed by atoms with Gasteiger partial charge in [0, 0.05) is 18.7 Å². The maximum absolute atomic E-state index is 6.12. The van der Waals surface area contributed by atoms with Crippen molar-refractivity contribution >= 4 is 11.9 Å². The van der Waals surface area contributed by atoms with Gasteiger partial charge in [0.25, 0.3) is 5.89 Å². The van der Waals surface area contributed by atoms with Gasteiger partial charge in [-0.15, -0.1) is 0 Å². The summed E-state index contributed by atoms with van der Waals surface area (Å²) in [6.45, 7) is 2.10. The summed E-state index contributed by atoms with van der Waals surface area (Å²) in [5.41, 5.74) is 6.75. The van der Waals surface area contributed by atoms with E-state index < -0.39 is 0 Å². The third kappa shape index (κ3) is 3.71. The van der Waals surface area contributed by atoms with Crippen LogP contribution in [-0.2, 0) is 0 Å². The predicted octanol–water partition coefficient (Wildman–Crippen LogP) is 2.78. The number of nitrogens with one attached hydrogen (secondary N) is 1. The van der Waals surface area contributed by atoms with Crippen LogP contribution in [0.2, 0.25) is 0 Å². The largest absolute Gasteiger partial charge is 0.383 e. The molecule has 2 fully saturated rings. The van der Waals surface area contributed by atoms with Crippen molar-refractivity contribution in [3.63, 3.8) is 0 Å². The van der Waals surface area contributed by atoms with Crippen molar-refractivity contribution in [3.05, 3.63) is 24.0 Å². The van der Waals surface area contributed by atoms with E-state index in [-0.39, 0.29) is 0 Å². The zero-order valence-corrected chi connectivity index (χ0v) is 14.3. The van der Waals surface area contributed by atoms with Crippen molar-refractivity contribution in [3.8, 4) is 11.4 Å². The van der Waals surface area contributed by atoms with Crippen molar-refractivity contribution in [1.82, 2.24) is 25.4 Å². The van der Waals surface area contributed by atoms with Crippen LogP contribution in [0.25, 0.3) is 17.5 Å². The fourth-order valence-corrected chi connectivity index (χ4v) is 3.64. The van der Waals surface area contributed by atoms with E-state index in [0.29, 0.717) is 34.9 Å². The molecule has 1 aliphatic heterocycles. The molecule has 7 nitrogen and oxygen atoms in total. The summed E-state index contributed by atoms with van der Waals surface area (Å²) in [5.74, 6) is 3.14. The Balaban J connectivity index is 1.48. The fourth-order valence-electron chi connectivity index (χ4n) is 3.64. The molecule has 3 N–H and O–H groups in total. The van der Waals surface area contributed by atoms with Crippen molar-refractivity contribution in [2.75, 3.05) is 18.8 Å². The van der Waals surface area contributed by atoms with E-state index in [4.69, 9.17) is 10.3 Å². The van der Waals surface area contributed by atoms with Gasteiger partial charge in [0.05, 0.1) is 5.56 Å². The highest BCUT2D eigenvalue weighted by Crippen LogP contribution is 2.33. The molecule has 1 aliphatic carbocycles. The van der Waals surface area contributed by atoms with Crippen LogP contribution < -0.4 is 11.1 Å². The third-order valence-corrected chi connectivity index (χ3v) is 5.09. The number of nitrogens with two attached hydrogens (primary N) is 1. The molecule has 0 aromatic carbocycles. The molecule has 1 unspecified atom stereocenters. The molecule has 0 spiro atoms. The van der Waals surface area contributed by atoms with E-state index in [1.54, 1.807) is 6.20 Å². The second-order valence-electron chi connectivity index (χ2n) is 6.93. The molecular formula is C18H24N6O. The van der Waals surface area contributed by atoms with Crippen LogP contribution in [0.15, 0.2) is 16.8 Å². The molecule has 4 rings (SSSR count). The van der Waals surface area contributed by atoms with E-state index in [0.717, 1.165) is 31.8 Å². The second kappa shape index (κ2) is 7.31. The van der Waals surface area contributed by atoms with Crippen LogP contribution in [0.5, 0.6) is 0 Å². The molecule has 1 saturated heterocycles. The highest BCUT2D eigenvalue weighted by atomic mass is 16.5. The minimum atomic E-state index is 0.421. The normalized spacial score (nSPS) is 22.0. The van der Waals surface area contributed by atoms with Crippen molar-refractivity contribution in [2.24, 2.45) is 5.92 Å². The molecule has 1 saturated carbocycles. The molecule has 0 amide bonds. The number of nitrogen functional groups attached to an aromatic ring is 1. The lowest BCUT2D eigenvalue weighted by Crippen LogP contribution is -2.28. The van der Waals surface area contributed by atoms with Gasteiger partial charge >= 0.3 is 0 Å². The SMILES string of the molecule is Nc1nc(C2CCCC2)ncc1-c1noc(/C=C/C2CCCNC2)n1. The number of aromatic nitrogens is 4. The highest BCUT2D eigenvalue weighted by molar-refractivity contribution is 5.67. The molecule has 3 heterocycles. The smallest absolute Gasteiger partial charge is 0.250 e. The summed E-state index contributed by atoms with van der Waals surface area (Å²) >= 11 is 0. The minimum Gasteiger partial charge on any atom is -0.383 e. The molecule has 132 valence electrons. The van der Waals surface area contributed by atoms with Gasteiger partial charge in [-0.05, 0) is 44.2 Å². The van der Waals surface area contributed by atoms with Gasteiger partial charge in [-0.1, -0.05) is 24.1 Å². The van der Waals surface area contributed by atoms with Crippen LogP contribution in [0.1, 0.15) is 56.2 Å². The summed E-state index contributed by atoms with van der Waals surface area (Å²) in [6.07, 6.45) is 12.9. The second-order valence-corrected chi connectivity index (χ2v) is 6.93. The maximum Gasteiger partial charge on any atom is 0.250 e. The van der Waals surface area contributed by atoms with Gasteiger partial charge in [0.2, 0.25) is 5.82 Å². The van der Waals surface area contributed by atoms with E-state index in [2.05, 4.69) is 31.5 Å². The summed E-state index contributed by atoms with van der Waals surface area (Å²) in [6, 6.07) is 0. The van der Waals surface area contributed by atoms with Gasteiger partial charge in [-0.25, -0.2) is 9.97 Å². The molecular weight excluding hydrogens is 316 g/mol. The van der Waals surface area contributed by atoms with Gasteiger partial charge in [-0.2, -0.15) is 4.98 Å². The minimum absolute atomic E-state index is 0.421. The Morgan fingerprint density at radius 1 is 1.16 bits per heavy atom. The molecule has 0 bridgehead atoms. The average molecular weight is 340 g/mol. The number of nitrogens with zero attached hydrogens (tertiary/aromatic N) is 4. The number of hydrogen-bond acceptors (Lipinski definition) is 7. The zero-order valence-electron chi connectivity index (χ0n) is 14.3. The lowest BCUT2D eigenvalue weighted by molar-refractivity contribution is 0.409. The zero-order chi connectivity index (χ0) is 17.1. The molecule has 1 atom stereocenters. The monoisotopic (exact) mass is 340 g/mol. The average Bonchev–Trinajstić information content (AvgIpc) is 3.33. The van der Waals surface area contributed by atoms with Crippen LogP contribution in [0.3, 0.4) is 0 Å². The number of rotatable bonds is 4. The Labute approximate surface area is 147 Å². The standard InChI is InChI=1S/C18H24N6O/c19-16-14(11-21-17(23-16)13-5-1-2-6-13)18-22-15(25-24-18)8-7-12-4-3-9-20-10-12/h7-8,11-13,20H,1-6,9-10H2,(H2,19,21,23)/b8-7+. The topological polar surface area (TPSA) is 103 Å². The lowest BCUT2D eigenvalue weighted by atomic mass is 9.99. The van der Waals surface area contributed by atoms with E-state index in [9.17, 15) is 0 Å². The summed E-state index contributed by atoms with van der Waals surface area (Å²) in [7, 11) is 0. The maximum atomic E-state index is 6.12. The van der Waals surface area contributed by atoms with E-state index >= 15 is 0 Å². The Morgan fingerprint density at radius 3 is 2.80 bits per heavy atom. The molecule has 2 aromatic rings. The van der Waals surface area contributed by atoms with Gasteiger partial charge in [0.1, 0.15) is 11.6 Å². The fraction of sp³-hybridized carbons (Fsp3) is 0.556. The van der Waals surface area contributed by atoms with Crippen LogP contribution in [0.4, 0.5) is 5.82 Å². The highest BCUT2D eigenvalue weighted by Gasteiger charge is 2.21. The lowest BCUT2D eigenvalue weighted by Gasteiger charge is -2.18. The first kappa shape index (κ1) is 16.2. The molecule has 0 radical (unpaired) electrons. The van der Waals surface area contributed by atoms with Crippen LogP contribution in [-0.4, -0.2) is 33.2 Å². The van der Waals surface area contributed by atoms with Crippen LogP contribution >= 0.6 is 0 Å². The molecule has 7 heteroatoms. The molecule has 25 heavy (non-hydrogen) atoms. The number of hydrogen-bond donors (Lipinski definition) is 2. The first-order chi connectivity index (χ1) is 12.3. The van der Waals surface area contributed by atoms with Gasteiger partial charge in [0.15, 0.2) is 0 Å². The Morgan fingerprint density at radius 2 is 2.04 bits per heavy atom. The van der Waals surface area contributed by atoms with Crippen molar-refractivity contribution in [2.45, 2.75) is 44.4 Å². The predicted molar refractivity (Wildman–Crippen MR) is 95.6 cm³/mol. The number of anilines is 1. The van der Waals surface area contributed by atoms with Gasteiger partial charge < -0.3 is 15.6 Å². The van der Waals surface area contributed by atoms with E-state index in [1.165, 1.54) is 25.7 Å². The molecule has 2 aromatic heterocycles. The van der Waals surface area contributed by atoms with Crippen molar-refractivity contribution in [1.29, 1.82) is 0 Å². The van der Waals surface area contributed by atoms with Crippen molar-refractivity contribution < 1.29 is 4.52 Å². The molecule has 2 aliphatic rings. The van der Waals surface area contributed by atoms with Crippen LogP contribution in [0, 0.1) is 5.92 Å². The summed E-state index contributed by atoms with van der Waals surface area (Å²) in [4.78, 5) is 13.4. The number of piperidine rings is 1. The third-order valence-electron chi connectivity index (χ3n) is 5.09. The first-order valence-electron chi connectivity index (χ1n) is 9.15. The first-order valence-corrected chi connectivity index (χ1v) is 9.15. The summed E-state index contributed by atoms with van der Waals surface area (Å²) < 4.78 is 5.32. The summed E-state index contributed by atoms with van der Waals surface area (Å²) in [5, 5.41) is 7.41. The van der Waals surface area contributed by atoms with E-state index in [1.807, 2.05) is 6.08 Å². The Bertz CT molecular complexity index is 744. The Kier molecular flexibility index (Phi) is 4.74.